The van der Waals surface area contributed by atoms with E-state index in [0.29, 0.717) is 36.4 Å². The van der Waals surface area contributed by atoms with Crippen molar-refractivity contribution < 1.29 is 14.3 Å². The lowest BCUT2D eigenvalue weighted by atomic mass is 9.49. The molecule has 8 nitrogen and oxygen atoms in total. The lowest BCUT2D eigenvalue weighted by Crippen LogP contribution is -2.69. The van der Waals surface area contributed by atoms with Gasteiger partial charge in [-0.15, -0.1) is 0 Å². The third-order valence-electron chi connectivity index (χ3n) is 7.70. The van der Waals surface area contributed by atoms with Crippen molar-refractivity contribution in [2.75, 3.05) is 32.2 Å². The van der Waals surface area contributed by atoms with Gasteiger partial charge >= 0.3 is 0 Å². The van der Waals surface area contributed by atoms with Crippen molar-refractivity contribution in [1.82, 2.24) is 20.6 Å². The first-order valence-electron chi connectivity index (χ1n) is 12.1. The van der Waals surface area contributed by atoms with Crippen molar-refractivity contribution in [2.24, 2.45) is 11.8 Å². The van der Waals surface area contributed by atoms with Crippen LogP contribution in [0.2, 0.25) is 0 Å². The molecule has 2 amide bonds. The van der Waals surface area contributed by atoms with E-state index in [1.807, 2.05) is 36.2 Å². The van der Waals surface area contributed by atoms with E-state index in [9.17, 15) is 9.59 Å². The monoisotopic (exact) mass is 463 g/mol. The van der Waals surface area contributed by atoms with Gasteiger partial charge < -0.3 is 20.3 Å². The summed E-state index contributed by atoms with van der Waals surface area (Å²) in [6.45, 7) is 1.28. The van der Waals surface area contributed by atoms with Crippen molar-refractivity contribution in [3.05, 3.63) is 54.0 Å². The van der Waals surface area contributed by atoms with Crippen LogP contribution in [0.5, 0.6) is 0 Å². The predicted molar refractivity (Wildman–Crippen MR) is 129 cm³/mol. The predicted octanol–water partition coefficient (Wildman–Crippen LogP) is 2.81. The Bertz CT molecular complexity index is 1050. The van der Waals surface area contributed by atoms with Gasteiger partial charge in [-0.3, -0.25) is 14.6 Å². The third-order valence-corrected chi connectivity index (χ3v) is 7.70. The first kappa shape index (κ1) is 22.8. The minimum atomic E-state index is -0.307. The normalized spacial score (nSPS) is 29.0. The zero-order chi connectivity index (χ0) is 23.8. The fraction of sp³-hybridized carbons (Fsp3) is 0.538. The second-order valence-electron chi connectivity index (χ2n) is 10.4. The number of methoxy groups -OCH3 is 1. The number of carbonyl (C=O) groups is 2. The second kappa shape index (κ2) is 8.98. The SMILES string of the molecule is COCCN(C)c1cccc(C(=O)NC23CC4CC(CC(NC(=O)c5ccccn5)(C4)C2)C3)n1. The number of nitrogens with zero attached hydrogens (tertiary/aromatic N) is 3. The van der Waals surface area contributed by atoms with Crippen LogP contribution < -0.4 is 15.5 Å². The number of hydrogen-bond acceptors (Lipinski definition) is 6. The number of ether oxygens (including phenoxy) is 1. The average molecular weight is 464 g/mol. The highest BCUT2D eigenvalue weighted by atomic mass is 16.5. The van der Waals surface area contributed by atoms with Gasteiger partial charge in [0, 0.05) is 38.0 Å². The first-order valence-corrected chi connectivity index (χ1v) is 12.1. The van der Waals surface area contributed by atoms with Crippen molar-refractivity contribution in [3.8, 4) is 0 Å². The Morgan fingerprint density at radius 3 is 2.26 bits per heavy atom. The van der Waals surface area contributed by atoms with E-state index >= 15 is 0 Å². The Morgan fingerprint density at radius 2 is 1.65 bits per heavy atom. The van der Waals surface area contributed by atoms with Gasteiger partial charge in [0.25, 0.3) is 11.8 Å². The maximum Gasteiger partial charge on any atom is 0.270 e. The van der Waals surface area contributed by atoms with Crippen LogP contribution in [0.25, 0.3) is 0 Å². The molecule has 6 rings (SSSR count). The summed E-state index contributed by atoms with van der Waals surface area (Å²) in [5.74, 6) is 1.48. The van der Waals surface area contributed by atoms with E-state index in [0.717, 1.165) is 37.9 Å². The quantitative estimate of drug-likeness (QED) is 0.625. The van der Waals surface area contributed by atoms with Crippen LogP contribution in [-0.4, -0.2) is 60.2 Å². The van der Waals surface area contributed by atoms with Crippen LogP contribution in [-0.2, 0) is 4.74 Å². The van der Waals surface area contributed by atoms with Gasteiger partial charge in [-0.2, -0.15) is 0 Å². The molecule has 2 atom stereocenters. The Kier molecular flexibility index (Phi) is 6.02. The van der Waals surface area contributed by atoms with Gasteiger partial charge in [-0.1, -0.05) is 12.1 Å². The summed E-state index contributed by atoms with van der Waals surface area (Å²) in [4.78, 5) is 37.1. The molecule has 4 fully saturated rings. The topological polar surface area (TPSA) is 96.5 Å². The van der Waals surface area contributed by atoms with E-state index in [2.05, 4.69) is 20.6 Å². The number of aromatic nitrogens is 2. The van der Waals surface area contributed by atoms with Crippen LogP contribution in [0.4, 0.5) is 5.82 Å². The maximum absolute atomic E-state index is 13.4. The fourth-order valence-corrected chi connectivity index (χ4v) is 6.77. The summed E-state index contributed by atoms with van der Waals surface area (Å²) in [5, 5.41) is 6.71. The van der Waals surface area contributed by atoms with Gasteiger partial charge in [0.05, 0.1) is 6.61 Å². The minimum absolute atomic E-state index is 0.127. The molecule has 4 bridgehead atoms. The smallest absolute Gasteiger partial charge is 0.270 e. The highest BCUT2D eigenvalue weighted by Crippen LogP contribution is 2.57. The third kappa shape index (κ3) is 4.51. The van der Waals surface area contributed by atoms with E-state index in [1.165, 1.54) is 6.42 Å². The lowest BCUT2D eigenvalue weighted by molar-refractivity contribution is -0.0449. The molecule has 4 aliphatic rings. The lowest BCUT2D eigenvalue weighted by Gasteiger charge is -2.62. The molecule has 0 saturated heterocycles. The van der Waals surface area contributed by atoms with Gasteiger partial charge in [0.2, 0.25) is 0 Å². The molecule has 4 saturated carbocycles. The van der Waals surface area contributed by atoms with Gasteiger partial charge in [0.1, 0.15) is 17.2 Å². The summed E-state index contributed by atoms with van der Waals surface area (Å²) in [7, 11) is 3.61. The summed E-state index contributed by atoms with van der Waals surface area (Å²) >= 11 is 0. The fourth-order valence-electron chi connectivity index (χ4n) is 6.77. The molecule has 0 aromatic carbocycles. The number of likely N-dealkylation sites (N-methyl/N-ethyl adjacent to an activating group) is 1. The second-order valence-corrected chi connectivity index (χ2v) is 10.4. The number of carbonyl (C=O) groups excluding carboxylic acids is 2. The van der Waals surface area contributed by atoms with E-state index < -0.39 is 0 Å². The first-order chi connectivity index (χ1) is 16.4. The molecule has 0 spiro atoms. The van der Waals surface area contributed by atoms with Crippen molar-refractivity contribution in [3.63, 3.8) is 0 Å². The number of rotatable bonds is 8. The molecule has 4 aliphatic carbocycles. The van der Waals surface area contributed by atoms with Crippen LogP contribution >= 0.6 is 0 Å². The Hall–Kier alpha value is -3.00. The summed E-state index contributed by atoms with van der Waals surface area (Å²) in [6, 6.07) is 10.9. The average Bonchev–Trinajstić information content (AvgIpc) is 2.81. The number of pyridine rings is 2. The van der Waals surface area contributed by atoms with E-state index in [4.69, 9.17) is 4.74 Å². The van der Waals surface area contributed by atoms with Crippen LogP contribution in [0.1, 0.15) is 59.5 Å². The van der Waals surface area contributed by atoms with Gasteiger partial charge in [-0.05, 0) is 74.6 Å². The highest BCUT2D eigenvalue weighted by molar-refractivity contribution is 5.94. The largest absolute Gasteiger partial charge is 0.383 e. The Morgan fingerprint density at radius 1 is 1.00 bits per heavy atom. The summed E-state index contributed by atoms with van der Waals surface area (Å²) in [6.07, 6.45) is 7.44. The summed E-state index contributed by atoms with van der Waals surface area (Å²) in [5.41, 5.74) is 0.263. The van der Waals surface area contributed by atoms with Crippen molar-refractivity contribution >= 4 is 17.6 Å². The number of anilines is 1. The molecule has 2 unspecified atom stereocenters. The van der Waals surface area contributed by atoms with Crippen molar-refractivity contribution in [2.45, 2.75) is 49.6 Å². The van der Waals surface area contributed by atoms with Crippen LogP contribution in [0, 0.1) is 11.8 Å². The zero-order valence-corrected chi connectivity index (χ0v) is 19.9. The molecular formula is C26H33N5O3. The molecule has 0 radical (unpaired) electrons. The van der Waals surface area contributed by atoms with Crippen LogP contribution in [0.3, 0.4) is 0 Å². The molecular weight excluding hydrogens is 430 g/mol. The molecule has 34 heavy (non-hydrogen) atoms. The molecule has 0 aliphatic heterocycles. The number of nitrogens with one attached hydrogen (secondary N) is 2. The van der Waals surface area contributed by atoms with E-state index in [1.54, 1.807) is 25.4 Å². The zero-order valence-electron chi connectivity index (χ0n) is 19.9. The molecule has 180 valence electrons. The standard InChI is InChI=1S/C26H33N5O3/c1-31(10-11-34-2)22-8-5-7-21(28-22)24(33)30-26-15-18-12-19(16-26)14-25(13-18,17-26)29-23(32)20-6-3-4-9-27-20/h3-9,18-19H,10-17H2,1-2H3,(H,29,32)(H,30,33). The molecule has 2 N–H and O–H groups in total. The van der Waals surface area contributed by atoms with Gasteiger partial charge in [0.15, 0.2) is 0 Å². The highest BCUT2D eigenvalue weighted by Gasteiger charge is 2.58. The summed E-state index contributed by atoms with van der Waals surface area (Å²) < 4.78 is 5.15. The molecule has 2 aromatic heterocycles. The van der Waals surface area contributed by atoms with Crippen LogP contribution in [0.15, 0.2) is 42.6 Å². The molecule has 8 heteroatoms. The Labute approximate surface area is 200 Å². The van der Waals surface area contributed by atoms with E-state index in [-0.39, 0.29) is 22.9 Å². The Balaban J connectivity index is 1.32. The maximum atomic E-state index is 13.4. The number of amides is 2. The molecule has 2 heterocycles. The number of hydrogen-bond donors (Lipinski definition) is 2. The van der Waals surface area contributed by atoms with Crippen molar-refractivity contribution in [1.29, 1.82) is 0 Å². The minimum Gasteiger partial charge on any atom is -0.383 e. The van der Waals surface area contributed by atoms with Gasteiger partial charge in [-0.25, -0.2) is 4.98 Å². The molecule has 2 aromatic rings.